The van der Waals surface area contributed by atoms with Gasteiger partial charge in [0.05, 0.1) is 0 Å². The van der Waals surface area contributed by atoms with Gasteiger partial charge in [-0.25, -0.2) is 0 Å². The van der Waals surface area contributed by atoms with Crippen LogP contribution in [0.2, 0.25) is 11.1 Å². The SMILES string of the molecule is C[C@]12BC1CNCCC2. The Bertz CT molecular complexity index is 126. The summed E-state index contributed by atoms with van der Waals surface area (Å²) in [7, 11) is 1.49. The maximum Gasteiger partial charge on any atom is 0.132 e. The first-order chi connectivity index (χ1) is 4.31. The van der Waals surface area contributed by atoms with Crippen molar-refractivity contribution in [3.63, 3.8) is 0 Å². The minimum atomic E-state index is 0.767. The van der Waals surface area contributed by atoms with Crippen LogP contribution in [0, 0.1) is 0 Å². The molecule has 0 aromatic heterocycles. The van der Waals surface area contributed by atoms with Crippen LogP contribution in [0.3, 0.4) is 0 Å². The maximum absolute atomic E-state index is 3.46. The number of rotatable bonds is 0. The third kappa shape index (κ3) is 0.897. The molecule has 2 rings (SSSR count). The van der Waals surface area contributed by atoms with Gasteiger partial charge in [0.2, 0.25) is 0 Å². The van der Waals surface area contributed by atoms with E-state index in [2.05, 4.69) is 12.2 Å². The molecule has 2 atom stereocenters. The first-order valence-electron chi connectivity index (χ1n) is 4.02. The van der Waals surface area contributed by atoms with E-state index in [4.69, 9.17) is 0 Å². The number of fused-ring (bicyclic) bond motifs is 1. The van der Waals surface area contributed by atoms with Gasteiger partial charge in [-0.15, -0.1) is 0 Å². The molecule has 0 aromatic carbocycles. The second kappa shape index (κ2) is 1.75. The van der Waals surface area contributed by atoms with E-state index >= 15 is 0 Å². The Morgan fingerprint density at radius 2 is 2.56 bits per heavy atom. The van der Waals surface area contributed by atoms with Gasteiger partial charge in [0, 0.05) is 0 Å². The summed E-state index contributed by atoms with van der Waals surface area (Å²) in [6, 6.07) is 0. The number of hydrogen-bond donors (Lipinski definition) is 1. The van der Waals surface area contributed by atoms with E-state index < -0.39 is 0 Å². The summed E-state index contributed by atoms with van der Waals surface area (Å²) in [5.74, 6) is 1.03. The van der Waals surface area contributed by atoms with Crippen LogP contribution in [-0.2, 0) is 0 Å². The van der Waals surface area contributed by atoms with Gasteiger partial charge >= 0.3 is 0 Å². The quantitative estimate of drug-likeness (QED) is 0.469. The van der Waals surface area contributed by atoms with E-state index in [1.807, 2.05) is 0 Å². The molecule has 0 radical (unpaired) electrons. The molecule has 2 heterocycles. The van der Waals surface area contributed by atoms with Crippen LogP contribution in [0.4, 0.5) is 0 Å². The van der Waals surface area contributed by atoms with Crippen molar-refractivity contribution in [1.29, 1.82) is 0 Å². The highest BCUT2D eigenvalue weighted by molar-refractivity contribution is 6.56. The third-order valence-corrected chi connectivity index (χ3v) is 3.03. The maximum atomic E-state index is 3.46. The number of nitrogens with one attached hydrogen (secondary N) is 1. The van der Waals surface area contributed by atoms with Crippen LogP contribution in [0.5, 0.6) is 0 Å². The number of hydrogen-bond acceptors (Lipinski definition) is 1. The summed E-state index contributed by atoms with van der Waals surface area (Å²) < 4.78 is 0. The van der Waals surface area contributed by atoms with Crippen molar-refractivity contribution >= 4 is 7.28 Å². The van der Waals surface area contributed by atoms with Gasteiger partial charge < -0.3 is 5.32 Å². The lowest BCUT2D eigenvalue weighted by Crippen LogP contribution is -2.14. The van der Waals surface area contributed by atoms with Crippen LogP contribution in [0.1, 0.15) is 19.8 Å². The average molecular weight is 123 g/mol. The molecule has 2 aliphatic heterocycles. The lowest BCUT2D eigenvalue weighted by Gasteiger charge is -2.05. The summed E-state index contributed by atoms with van der Waals surface area (Å²) in [6.45, 7) is 4.98. The van der Waals surface area contributed by atoms with Gasteiger partial charge in [0.25, 0.3) is 0 Å². The van der Waals surface area contributed by atoms with Crippen LogP contribution >= 0.6 is 0 Å². The Balaban J connectivity index is 2.00. The van der Waals surface area contributed by atoms with Crippen molar-refractivity contribution in [2.75, 3.05) is 13.1 Å². The smallest absolute Gasteiger partial charge is 0.132 e. The monoisotopic (exact) mass is 123 g/mol. The molecule has 50 valence electrons. The Kier molecular flexibility index (Phi) is 1.13. The topological polar surface area (TPSA) is 12.0 Å². The zero-order valence-corrected chi connectivity index (χ0v) is 6.11. The summed E-state index contributed by atoms with van der Waals surface area (Å²) >= 11 is 0. The van der Waals surface area contributed by atoms with Crippen molar-refractivity contribution < 1.29 is 0 Å². The highest BCUT2D eigenvalue weighted by Crippen LogP contribution is 2.59. The van der Waals surface area contributed by atoms with E-state index in [1.165, 1.54) is 33.2 Å². The largest absolute Gasteiger partial charge is 0.317 e. The Morgan fingerprint density at radius 3 is 3.44 bits per heavy atom. The Morgan fingerprint density at radius 1 is 1.67 bits per heavy atom. The molecule has 1 N–H and O–H groups in total. The normalized spacial score (nSPS) is 48.8. The summed E-state index contributed by atoms with van der Waals surface area (Å²) in [5, 5.41) is 4.23. The predicted octanol–water partition coefficient (Wildman–Crippen LogP) is 0.787. The fraction of sp³-hybridized carbons (Fsp3) is 1.00. The molecule has 0 amide bonds. The van der Waals surface area contributed by atoms with E-state index in [-0.39, 0.29) is 0 Å². The molecule has 0 bridgehead atoms. The molecule has 9 heavy (non-hydrogen) atoms. The van der Waals surface area contributed by atoms with Crippen molar-refractivity contribution in [2.45, 2.75) is 30.9 Å². The van der Waals surface area contributed by atoms with Crippen LogP contribution < -0.4 is 5.32 Å². The van der Waals surface area contributed by atoms with Crippen molar-refractivity contribution in [3.05, 3.63) is 0 Å². The van der Waals surface area contributed by atoms with Crippen LogP contribution in [-0.4, -0.2) is 20.4 Å². The molecule has 0 saturated carbocycles. The zero-order chi connectivity index (χ0) is 6.32. The van der Waals surface area contributed by atoms with E-state index in [0.717, 1.165) is 11.1 Å². The predicted molar refractivity (Wildman–Crippen MR) is 41.4 cm³/mol. The summed E-state index contributed by atoms with van der Waals surface area (Å²) in [4.78, 5) is 0. The average Bonchev–Trinajstić information content (AvgIpc) is 2.40. The van der Waals surface area contributed by atoms with E-state index in [0.29, 0.717) is 0 Å². The standard InChI is InChI=1S/C7H14BN/c1-7-3-2-4-9-5-6(7)8-7/h6,8-9H,2-5H2,1H3/t6?,7-/m1/s1. The molecule has 2 saturated heterocycles. The van der Waals surface area contributed by atoms with Crippen molar-refractivity contribution in [1.82, 2.24) is 5.32 Å². The summed E-state index contributed by atoms with van der Waals surface area (Å²) in [6.07, 6.45) is 2.86. The molecule has 0 aliphatic carbocycles. The molecular weight excluding hydrogens is 109 g/mol. The fourth-order valence-electron chi connectivity index (χ4n) is 2.02. The summed E-state index contributed by atoms with van der Waals surface area (Å²) in [5.41, 5.74) is 0. The first-order valence-corrected chi connectivity index (χ1v) is 4.02. The molecule has 2 heteroatoms. The molecule has 2 fully saturated rings. The Labute approximate surface area is 57.5 Å². The molecule has 0 spiro atoms. The van der Waals surface area contributed by atoms with Crippen molar-refractivity contribution in [2.24, 2.45) is 0 Å². The van der Waals surface area contributed by atoms with E-state index in [9.17, 15) is 0 Å². The molecule has 1 unspecified atom stereocenters. The second-order valence-electron chi connectivity index (χ2n) is 3.86. The minimum absolute atomic E-state index is 0.767. The highest BCUT2D eigenvalue weighted by Gasteiger charge is 2.50. The fourth-order valence-corrected chi connectivity index (χ4v) is 2.02. The van der Waals surface area contributed by atoms with Gasteiger partial charge in [-0.2, -0.15) is 0 Å². The van der Waals surface area contributed by atoms with Gasteiger partial charge in [-0.3, -0.25) is 0 Å². The Hall–Kier alpha value is 0.0249. The van der Waals surface area contributed by atoms with Gasteiger partial charge in [0.1, 0.15) is 7.28 Å². The van der Waals surface area contributed by atoms with Gasteiger partial charge in [-0.1, -0.05) is 24.5 Å². The highest BCUT2D eigenvalue weighted by atomic mass is 14.9. The van der Waals surface area contributed by atoms with E-state index in [1.54, 1.807) is 0 Å². The third-order valence-electron chi connectivity index (χ3n) is 3.03. The molecular formula is C7H14BN. The minimum Gasteiger partial charge on any atom is -0.317 e. The second-order valence-corrected chi connectivity index (χ2v) is 3.86. The van der Waals surface area contributed by atoms with Crippen LogP contribution in [0.25, 0.3) is 0 Å². The van der Waals surface area contributed by atoms with Gasteiger partial charge in [0.15, 0.2) is 0 Å². The van der Waals surface area contributed by atoms with Crippen molar-refractivity contribution in [3.8, 4) is 0 Å². The lowest BCUT2D eigenvalue weighted by molar-refractivity contribution is 0.633. The first kappa shape index (κ1) is 5.78. The van der Waals surface area contributed by atoms with Gasteiger partial charge in [-0.05, 0) is 19.5 Å². The molecule has 0 aromatic rings. The zero-order valence-electron chi connectivity index (χ0n) is 6.11. The molecule has 1 nitrogen and oxygen atoms in total. The lowest BCUT2D eigenvalue weighted by atomic mass is 9.85. The molecule has 2 aliphatic rings. The van der Waals surface area contributed by atoms with Crippen LogP contribution in [0.15, 0.2) is 0 Å².